The SMILES string of the molecule is CSc1c(NC2CCCC2)sc(C(=O)C2CC2)c1N. The Labute approximate surface area is 122 Å². The zero-order chi connectivity index (χ0) is 13.4. The lowest BCUT2D eigenvalue weighted by molar-refractivity contribution is 0.0972. The van der Waals surface area contributed by atoms with Crippen LogP contribution in [0.4, 0.5) is 10.7 Å². The van der Waals surface area contributed by atoms with Crippen molar-refractivity contribution in [3.63, 3.8) is 0 Å². The number of anilines is 2. The number of thiophene rings is 1. The molecule has 5 heteroatoms. The number of carbonyl (C=O) groups excluding carboxylic acids is 1. The first-order chi connectivity index (χ1) is 9.20. The van der Waals surface area contributed by atoms with Gasteiger partial charge in [0.15, 0.2) is 5.78 Å². The molecule has 2 fully saturated rings. The molecule has 2 aliphatic rings. The van der Waals surface area contributed by atoms with Crippen LogP contribution in [0.3, 0.4) is 0 Å². The van der Waals surface area contributed by atoms with E-state index in [-0.39, 0.29) is 11.7 Å². The van der Waals surface area contributed by atoms with Gasteiger partial charge in [-0.15, -0.1) is 23.1 Å². The lowest BCUT2D eigenvalue weighted by Crippen LogP contribution is -2.13. The Kier molecular flexibility index (Phi) is 3.76. The van der Waals surface area contributed by atoms with Gasteiger partial charge in [-0.2, -0.15) is 0 Å². The van der Waals surface area contributed by atoms with Crippen LogP contribution in [0, 0.1) is 5.92 Å². The van der Waals surface area contributed by atoms with Crippen molar-refractivity contribution in [3.8, 4) is 0 Å². The summed E-state index contributed by atoms with van der Waals surface area (Å²) in [5.41, 5.74) is 6.89. The van der Waals surface area contributed by atoms with Gasteiger partial charge in [-0.25, -0.2) is 0 Å². The summed E-state index contributed by atoms with van der Waals surface area (Å²) in [5, 5.41) is 4.71. The van der Waals surface area contributed by atoms with Crippen molar-refractivity contribution in [1.82, 2.24) is 0 Å². The predicted molar refractivity (Wildman–Crippen MR) is 83.4 cm³/mol. The summed E-state index contributed by atoms with van der Waals surface area (Å²) in [7, 11) is 0. The van der Waals surface area contributed by atoms with Crippen LogP contribution in [-0.2, 0) is 0 Å². The molecule has 0 atom stereocenters. The molecule has 1 aromatic heterocycles. The van der Waals surface area contributed by atoms with Crippen LogP contribution < -0.4 is 11.1 Å². The maximum atomic E-state index is 12.2. The van der Waals surface area contributed by atoms with E-state index in [1.54, 1.807) is 23.1 Å². The van der Waals surface area contributed by atoms with Crippen molar-refractivity contribution in [2.24, 2.45) is 5.92 Å². The first-order valence-corrected chi connectivity index (χ1v) is 9.02. The second-order valence-electron chi connectivity index (χ2n) is 5.47. The van der Waals surface area contributed by atoms with E-state index in [2.05, 4.69) is 5.32 Å². The molecule has 0 saturated heterocycles. The first kappa shape index (κ1) is 13.3. The lowest BCUT2D eigenvalue weighted by atomic mass is 10.2. The van der Waals surface area contributed by atoms with Gasteiger partial charge in [0.25, 0.3) is 0 Å². The molecule has 104 valence electrons. The van der Waals surface area contributed by atoms with E-state index >= 15 is 0 Å². The van der Waals surface area contributed by atoms with Gasteiger partial charge in [-0.1, -0.05) is 12.8 Å². The Bertz CT molecular complexity index is 488. The Morgan fingerprint density at radius 2 is 2.00 bits per heavy atom. The summed E-state index contributed by atoms with van der Waals surface area (Å²) >= 11 is 3.21. The van der Waals surface area contributed by atoms with E-state index in [9.17, 15) is 4.79 Å². The highest BCUT2D eigenvalue weighted by molar-refractivity contribution is 7.99. The monoisotopic (exact) mass is 296 g/mol. The number of thioether (sulfide) groups is 1. The molecule has 2 aliphatic carbocycles. The summed E-state index contributed by atoms with van der Waals surface area (Å²) in [6.45, 7) is 0. The number of carbonyl (C=O) groups is 1. The highest BCUT2D eigenvalue weighted by Gasteiger charge is 2.34. The fourth-order valence-corrected chi connectivity index (χ4v) is 4.81. The second kappa shape index (κ2) is 5.37. The van der Waals surface area contributed by atoms with E-state index in [1.807, 2.05) is 6.26 Å². The second-order valence-corrected chi connectivity index (χ2v) is 7.31. The quantitative estimate of drug-likeness (QED) is 0.637. The third kappa shape index (κ3) is 2.63. The molecule has 2 saturated carbocycles. The van der Waals surface area contributed by atoms with Gasteiger partial charge in [-0.05, 0) is 31.9 Å². The van der Waals surface area contributed by atoms with Crippen molar-refractivity contribution >= 4 is 39.6 Å². The number of Topliss-reactive ketones (excluding diaryl/α,β-unsaturated/α-hetero) is 1. The van der Waals surface area contributed by atoms with Crippen LogP contribution in [-0.4, -0.2) is 18.1 Å². The summed E-state index contributed by atoms with van der Waals surface area (Å²) in [6, 6.07) is 0.563. The number of hydrogen-bond donors (Lipinski definition) is 2. The highest BCUT2D eigenvalue weighted by Crippen LogP contribution is 2.46. The summed E-state index contributed by atoms with van der Waals surface area (Å²) in [5.74, 6) is 0.507. The number of ketones is 1. The Balaban J connectivity index is 1.85. The van der Waals surface area contributed by atoms with Gasteiger partial charge in [0.1, 0.15) is 5.00 Å². The standard InChI is InChI=1S/C14H20N2OS2/c1-18-13-10(15)12(11(17)8-6-7-8)19-14(13)16-9-4-2-3-5-9/h8-9,16H,2-7,15H2,1H3. The topological polar surface area (TPSA) is 55.1 Å². The van der Waals surface area contributed by atoms with E-state index < -0.39 is 0 Å². The van der Waals surface area contributed by atoms with Crippen LogP contribution in [0.2, 0.25) is 0 Å². The molecule has 3 nitrogen and oxygen atoms in total. The molecule has 3 rings (SSSR count). The molecule has 1 aromatic rings. The molecule has 3 N–H and O–H groups in total. The van der Waals surface area contributed by atoms with Gasteiger partial charge in [-0.3, -0.25) is 4.79 Å². The minimum Gasteiger partial charge on any atom is -0.396 e. The first-order valence-electron chi connectivity index (χ1n) is 6.97. The fourth-order valence-electron chi connectivity index (χ4n) is 2.70. The lowest BCUT2D eigenvalue weighted by Gasteiger charge is -2.12. The number of nitrogen functional groups attached to an aromatic ring is 1. The Hall–Kier alpha value is -0.680. The number of hydrogen-bond acceptors (Lipinski definition) is 5. The third-order valence-electron chi connectivity index (χ3n) is 3.97. The smallest absolute Gasteiger partial charge is 0.178 e. The van der Waals surface area contributed by atoms with Crippen molar-refractivity contribution in [2.75, 3.05) is 17.3 Å². The van der Waals surface area contributed by atoms with Crippen LogP contribution >= 0.6 is 23.1 Å². The van der Waals surface area contributed by atoms with Crippen LogP contribution in [0.15, 0.2) is 4.90 Å². The van der Waals surface area contributed by atoms with Crippen molar-refractivity contribution < 1.29 is 4.79 Å². The van der Waals surface area contributed by atoms with Crippen molar-refractivity contribution in [1.29, 1.82) is 0 Å². The molecule has 0 bridgehead atoms. The largest absolute Gasteiger partial charge is 0.396 e. The van der Waals surface area contributed by atoms with Gasteiger partial charge in [0.2, 0.25) is 0 Å². The molecule has 0 unspecified atom stereocenters. The van der Waals surface area contributed by atoms with E-state index in [0.29, 0.717) is 11.7 Å². The van der Waals surface area contributed by atoms with E-state index in [1.165, 1.54) is 25.7 Å². The zero-order valence-electron chi connectivity index (χ0n) is 11.2. The van der Waals surface area contributed by atoms with Crippen LogP contribution in [0.5, 0.6) is 0 Å². The molecular formula is C14H20N2OS2. The molecule has 0 aliphatic heterocycles. The number of rotatable bonds is 5. The number of nitrogens with two attached hydrogens (primary N) is 1. The normalized spacial score (nSPS) is 19.8. The Morgan fingerprint density at radius 3 is 2.58 bits per heavy atom. The summed E-state index contributed by atoms with van der Waals surface area (Å²) in [4.78, 5) is 14.1. The minimum atomic E-state index is 0.245. The van der Waals surface area contributed by atoms with Gasteiger partial charge in [0.05, 0.1) is 15.5 Å². The van der Waals surface area contributed by atoms with Gasteiger partial charge < -0.3 is 11.1 Å². The summed E-state index contributed by atoms with van der Waals surface area (Å²) < 4.78 is 0. The maximum Gasteiger partial charge on any atom is 0.178 e. The third-order valence-corrected chi connectivity index (χ3v) is 6.08. The van der Waals surface area contributed by atoms with E-state index in [0.717, 1.165) is 27.6 Å². The zero-order valence-corrected chi connectivity index (χ0v) is 12.8. The average molecular weight is 296 g/mol. The molecule has 0 radical (unpaired) electrons. The molecule has 19 heavy (non-hydrogen) atoms. The number of nitrogens with one attached hydrogen (secondary N) is 1. The van der Waals surface area contributed by atoms with Gasteiger partial charge >= 0.3 is 0 Å². The van der Waals surface area contributed by atoms with Gasteiger partial charge in [0, 0.05) is 12.0 Å². The fraction of sp³-hybridized carbons (Fsp3) is 0.643. The molecule has 0 aromatic carbocycles. The molecule has 0 spiro atoms. The highest BCUT2D eigenvalue weighted by atomic mass is 32.2. The Morgan fingerprint density at radius 1 is 1.32 bits per heavy atom. The maximum absolute atomic E-state index is 12.2. The molecular weight excluding hydrogens is 276 g/mol. The average Bonchev–Trinajstić information content (AvgIpc) is 3.05. The van der Waals surface area contributed by atoms with Crippen molar-refractivity contribution in [3.05, 3.63) is 4.88 Å². The minimum absolute atomic E-state index is 0.245. The molecule has 1 heterocycles. The van der Waals surface area contributed by atoms with Crippen LogP contribution in [0.25, 0.3) is 0 Å². The van der Waals surface area contributed by atoms with E-state index in [4.69, 9.17) is 5.73 Å². The van der Waals surface area contributed by atoms with Crippen molar-refractivity contribution in [2.45, 2.75) is 49.5 Å². The summed E-state index contributed by atoms with van der Waals surface area (Å²) in [6.07, 6.45) is 9.19. The van der Waals surface area contributed by atoms with Crippen LogP contribution in [0.1, 0.15) is 48.2 Å². The molecule has 0 amide bonds. The predicted octanol–water partition coefficient (Wildman–Crippen LogP) is 4.00.